The maximum absolute atomic E-state index is 13.5. The standard InChI is InChI=1S/C22H20F3N3O2/c1-14-26-12-20(30-14)16-2-4-17(5-3-16)27-7-6-21(29)28(9-8-27)13-15-10-18(23)22(25)19(24)11-15/h2-5,10-12H,6-9,13H2,1H3. The van der Waals surface area contributed by atoms with Gasteiger partial charge in [0.15, 0.2) is 29.1 Å². The largest absolute Gasteiger partial charge is 0.441 e. The van der Waals surface area contributed by atoms with Crippen LogP contribution in [0.25, 0.3) is 11.3 Å². The van der Waals surface area contributed by atoms with Gasteiger partial charge in [0, 0.05) is 50.8 Å². The molecule has 0 spiro atoms. The summed E-state index contributed by atoms with van der Waals surface area (Å²) in [6, 6.07) is 9.64. The Labute approximate surface area is 171 Å². The summed E-state index contributed by atoms with van der Waals surface area (Å²) in [4.78, 5) is 20.2. The van der Waals surface area contributed by atoms with E-state index in [2.05, 4.69) is 9.88 Å². The number of carbonyl (C=O) groups excluding carboxylic acids is 1. The molecule has 0 bridgehead atoms. The van der Waals surface area contributed by atoms with Crippen molar-refractivity contribution in [3.63, 3.8) is 0 Å². The minimum Gasteiger partial charge on any atom is -0.441 e. The molecule has 5 nitrogen and oxygen atoms in total. The topological polar surface area (TPSA) is 49.6 Å². The summed E-state index contributed by atoms with van der Waals surface area (Å²) < 4.78 is 45.6. The van der Waals surface area contributed by atoms with Crippen molar-refractivity contribution in [3.8, 4) is 11.3 Å². The number of halogens is 3. The lowest BCUT2D eigenvalue weighted by molar-refractivity contribution is -0.130. The van der Waals surface area contributed by atoms with Crippen LogP contribution in [0.15, 0.2) is 47.0 Å². The van der Waals surface area contributed by atoms with E-state index in [4.69, 9.17) is 4.42 Å². The number of aryl methyl sites for hydroxylation is 1. The average molecular weight is 415 g/mol. The fraction of sp³-hybridized carbons (Fsp3) is 0.273. The van der Waals surface area contributed by atoms with Crippen LogP contribution in [0, 0.1) is 24.4 Å². The molecule has 1 fully saturated rings. The highest BCUT2D eigenvalue weighted by molar-refractivity contribution is 5.77. The summed E-state index contributed by atoms with van der Waals surface area (Å²) in [6.45, 7) is 3.31. The van der Waals surface area contributed by atoms with Crippen LogP contribution < -0.4 is 4.90 Å². The average Bonchev–Trinajstić information content (AvgIpc) is 3.08. The molecule has 1 amide bonds. The summed E-state index contributed by atoms with van der Waals surface area (Å²) in [7, 11) is 0. The van der Waals surface area contributed by atoms with Gasteiger partial charge < -0.3 is 14.2 Å². The molecule has 1 aliphatic rings. The third-order valence-corrected chi connectivity index (χ3v) is 5.14. The number of amides is 1. The third-order valence-electron chi connectivity index (χ3n) is 5.14. The molecule has 0 radical (unpaired) electrons. The summed E-state index contributed by atoms with van der Waals surface area (Å²) in [5.74, 6) is -2.84. The van der Waals surface area contributed by atoms with Crippen LogP contribution >= 0.6 is 0 Å². The van der Waals surface area contributed by atoms with Crippen molar-refractivity contribution in [2.75, 3.05) is 24.5 Å². The first kappa shape index (κ1) is 20.0. The number of carbonyl (C=O) groups is 1. The Morgan fingerprint density at radius 3 is 2.37 bits per heavy atom. The SMILES string of the molecule is Cc1ncc(-c2ccc(N3CCC(=O)N(Cc4cc(F)c(F)c(F)c4)CC3)cc2)o1. The number of aromatic nitrogens is 1. The van der Waals surface area contributed by atoms with Crippen LogP contribution in [0.2, 0.25) is 0 Å². The van der Waals surface area contributed by atoms with E-state index >= 15 is 0 Å². The quantitative estimate of drug-likeness (QED) is 0.596. The highest BCUT2D eigenvalue weighted by atomic mass is 19.2. The first-order chi connectivity index (χ1) is 14.4. The Morgan fingerprint density at radius 2 is 1.73 bits per heavy atom. The summed E-state index contributed by atoms with van der Waals surface area (Å²) in [5.41, 5.74) is 2.09. The smallest absolute Gasteiger partial charge is 0.224 e. The third kappa shape index (κ3) is 4.17. The van der Waals surface area contributed by atoms with Crippen molar-refractivity contribution in [3.05, 3.63) is 71.5 Å². The van der Waals surface area contributed by atoms with E-state index in [0.717, 1.165) is 23.4 Å². The summed E-state index contributed by atoms with van der Waals surface area (Å²) >= 11 is 0. The van der Waals surface area contributed by atoms with Gasteiger partial charge in [-0.3, -0.25) is 4.79 Å². The first-order valence-electron chi connectivity index (χ1n) is 9.60. The minimum atomic E-state index is -1.50. The molecule has 1 aromatic heterocycles. The maximum atomic E-state index is 13.5. The molecular formula is C22H20F3N3O2. The van der Waals surface area contributed by atoms with Gasteiger partial charge in [-0.15, -0.1) is 0 Å². The van der Waals surface area contributed by atoms with Gasteiger partial charge in [0.1, 0.15) is 0 Å². The maximum Gasteiger partial charge on any atom is 0.224 e. The molecule has 0 N–H and O–H groups in total. The van der Waals surface area contributed by atoms with Crippen LogP contribution in [0.3, 0.4) is 0 Å². The van der Waals surface area contributed by atoms with Crippen LogP contribution in [0.4, 0.5) is 18.9 Å². The number of rotatable bonds is 4. The van der Waals surface area contributed by atoms with E-state index in [1.807, 2.05) is 24.3 Å². The molecule has 0 saturated carbocycles. The molecular weight excluding hydrogens is 395 g/mol. The van der Waals surface area contributed by atoms with Gasteiger partial charge >= 0.3 is 0 Å². The summed E-state index contributed by atoms with van der Waals surface area (Å²) in [6.07, 6.45) is 1.95. The van der Waals surface area contributed by atoms with E-state index < -0.39 is 17.5 Å². The number of benzene rings is 2. The number of anilines is 1. The zero-order valence-corrected chi connectivity index (χ0v) is 16.4. The predicted molar refractivity (Wildman–Crippen MR) is 105 cm³/mol. The molecule has 2 heterocycles. The number of hydrogen-bond acceptors (Lipinski definition) is 4. The fourth-order valence-corrected chi connectivity index (χ4v) is 3.54. The molecule has 0 atom stereocenters. The molecule has 30 heavy (non-hydrogen) atoms. The number of nitrogens with zero attached hydrogens (tertiary/aromatic N) is 3. The van der Waals surface area contributed by atoms with E-state index in [1.54, 1.807) is 13.1 Å². The van der Waals surface area contributed by atoms with Crippen molar-refractivity contribution < 1.29 is 22.4 Å². The second kappa shape index (κ2) is 8.22. The highest BCUT2D eigenvalue weighted by Crippen LogP contribution is 2.25. The molecule has 1 saturated heterocycles. The van der Waals surface area contributed by atoms with Crippen molar-refractivity contribution in [1.29, 1.82) is 0 Å². The number of hydrogen-bond donors (Lipinski definition) is 0. The van der Waals surface area contributed by atoms with Gasteiger partial charge in [0.05, 0.1) is 6.20 Å². The molecule has 8 heteroatoms. The number of oxazole rings is 1. The molecule has 0 unspecified atom stereocenters. The highest BCUT2D eigenvalue weighted by Gasteiger charge is 2.22. The van der Waals surface area contributed by atoms with E-state index in [0.29, 0.717) is 31.3 Å². The first-order valence-corrected chi connectivity index (χ1v) is 9.60. The Hall–Kier alpha value is -3.29. The van der Waals surface area contributed by atoms with Crippen molar-refractivity contribution in [2.45, 2.75) is 19.9 Å². The predicted octanol–water partition coefficient (Wildman–Crippen LogP) is 4.31. The fourth-order valence-electron chi connectivity index (χ4n) is 3.54. The zero-order valence-electron chi connectivity index (χ0n) is 16.4. The Bertz CT molecular complexity index is 1040. The summed E-state index contributed by atoms with van der Waals surface area (Å²) in [5, 5.41) is 0. The van der Waals surface area contributed by atoms with E-state index in [9.17, 15) is 18.0 Å². The van der Waals surface area contributed by atoms with Crippen molar-refractivity contribution in [1.82, 2.24) is 9.88 Å². The van der Waals surface area contributed by atoms with Crippen LogP contribution in [-0.2, 0) is 11.3 Å². The lowest BCUT2D eigenvalue weighted by atomic mass is 10.1. The Morgan fingerprint density at radius 1 is 1.03 bits per heavy atom. The van der Waals surface area contributed by atoms with Gasteiger partial charge in [-0.25, -0.2) is 18.2 Å². The lowest BCUT2D eigenvalue weighted by Gasteiger charge is -2.24. The molecule has 3 aromatic rings. The van der Waals surface area contributed by atoms with Gasteiger partial charge in [-0.2, -0.15) is 0 Å². The molecule has 2 aromatic carbocycles. The molecule has 156 valence electrons. The van der Waals surface area contributed by atoms with Crippen LogP contribution in [0.1, 0.15) is 17.9 Å². The van der Waals surface area contributed by atoms with Gasteiger partial charge in [0.2, 0.25) is 5.91 Å². The van der Waals surface area contributed by atoms with Crippen LogP contribution in [-0.4, -0.2) is 35.4 Å². The van der Waals surface area contributed by atoms with E-state index in [1.165, 1.54) is 4.90 Å². The van der Waals surface area contributed by atoms with Gasteiger partial charge in [-0.1, -0.05) is 0 Å². The molecule has 4 rings (SSSR count). The second-order valence-electron chi connectivity index (χ2n) is 7.22. The van der Waals surface area contributed by atoms with Gasteiger partial charge in [-0.05, 0) is 42.0 Å². The molecule has 1 aliphatic heterocycles. The van der Waals surface area contributed by atoms with Crippen LogP contribution in [0.5, 0.6) is 0 Å². The zero-order chi connectivity index (χ0) is 21.3. The second-order valence-corrected chi connectivity index (χ2v) is 7.22. The van der Waals surface area contributed by atoms with Crippen molar-refractivity contribution >= 4 is 11.6 Å². The normalized spacial score (nSPS) is 14.9. The lowest BCUT2D eigenvalue weighted by Crippen LogP contribution is -2.33. The Balaban J connectivity index is 1.44. The minimum absolute atomic E-state index is 0.0323. The monoisotopic (exact) mass is 415 g/mol. The van der Waals surface area contributed by atoms with E-state index in [-0.39, 0.29) is 24.4 Å². The van der Waals surface area contributed by atoms with Crippen molar-refractivity contribution in [2.24, 2.45) is 0 Å². The van der Waals surface area contributed by atoms with Gasteiger partial charge in [0.25, 0.3) is 0 Å². The Kier molecular flexibility index (Phi) is 5.48. The molecule has 0 aliphatic carbocycles.